The van der Waals surface area contributed by atoms with Crippen LogP contribution in [-0.2, 0) is 0 Å². The zero-order valence-corrected chi connectivity index (χ0v) is 10.6. The Kier molecular flexibility index (Phi) is 3.69. The van der Waals surface area contributed by atoms with Crippen LogP contribution >= 0.6 is 11.6 Å². The van der Waals surface area contributed by atoms with Crippen LogP contribution in [-0.4, -0.2) is 35.1 Å². The number of carbonyl (C=O) groups is 1. The summed E-state index contributed by atoms with van der Waals surface area (Å²) in [6.07, 6.45) is 1.81. The molecule has 0 aliphatic carbocycles. The summed E-state index contributed by atoms with van der Waals surface area (Å²) in [4.78, 5) is 14.0. The summed E-state index contributed by atoms with van der Waals surface area (Å²) in [6.45, 7) is 2.61. The highest BCUT2D eigenvalue weighted by atomic mass is 35.5. The van der Waals surface area contributed by atoms with Crippen molar-refractivity contribution in [3.05, 3.63) is 34.3 Å². The van der Waals surface area contributed by atoms with E-state index in [4.69, 9.17) is 11.6 Å². The second-order valence-corrected chi connectivity index (χ2v) is 4.79. The van der Waals surface area contributed by atoms with Gasteiger partial charge >= 0.3 is 0 Å². The molecule has 1 aromatic carbocycles. The van der Waals surface area contributed by atoms with Crippen molar-refractivity contribution in [1.82, 2.24) is 4.90 Å². The highest BCUT2D eigenvalue weighted by Gasteiger charge is 2.29. The van der Waals surface area contributed by atoms with Crippen molar-refractivity contribution in [2.45, 2.75) is 25.8 Å². The third-order valence-electron chi connectivity index (χ3n) is 3.27. The molecule has 92 valence electrons. The van der Waals surface area contributed by atoms with E-state index in [0.29, 0.717) is 17.1 Å². The van der Waals surface area contributed by atoms with Gasteiger partial charge in [0.15, 0.2) is 0 Å². The number of likely N-dealkylation sites (tertiary alicyclic amines) is 1. The van der Waals surface area contributed by atoms with Crippen molar-refractivity contribution in [2.75, 3.05) is 13.2 Å². The molecule has 1 saturated heterocycles. The molecular weight excluding hydrogens is 238 g/mol. The summed E-state index contributed by atoms with van der Waals surface area (Å²) in [7, 11) is 0. The Morgan fingerprint density at radius 3 is 3.06 bits per heavy atom. The Labute approximate surface area is 106 Å². The molecule has 1 aliphatic heterocycles. The van der Waals surface area contributed by atoms with Gasteiger partial charge in [0.2, 0.25) is 0 Å². The quantitative estimate of drug-likeness (QED) is 0.878. The maximum Gasteiger partial charge on any atom is 0.255 e. The second kappa shape index (κ2) is 5.07. The number of aliphatic hydroxyl groups excluding tert-OH is 1. The van der Waals surface area contributed by atoms with Gasteiger partial charge in [-0.3, -0.25) is 4.79 Å². The van der Waals surface area contributed by atoms with Gasteiger partial charge < -0.3 is 10.0 Å². The van der Waals surface area contributed by atoms with Crippen LogP contribution in [0, 0.1) is 6.92 Å². The number of amides is 1. The van der Waals surface area contributed by atoms with E-state index in [1.807, 2.05) is 19.1 Å². The van der Waals surface area contributed by atoms with E-state index >= 15 is 0 Å². The largest absolute Gasteiger partial charge is 0.394 e. The van der Waals surface area contributed by atoms with Crippen molar-refractivity contribution < 1.29 is 9.90 Å². The standard InChI is InChI=1S/C13H16ClNO2/c1-9-4-2-6-11(12(9)14)13(17)15-7-3-5-10(15)8-16/h2,4,6,10,16H,3,5,7-8H2,1H3/t10-/m0/s1. The third kappa shape index (κ3) is 2.31. The average molecular weight is 254 g/mol. The molecule has 3 nitrogen and oxygen atoms in total. The smallest absolute Gasteiger partial charge is 0.255 e. The summed E-state index contributed by atoms with van der Waals surface area (Å²) >= 11 is 6.15. The van der Waals surface area contributed by atoms with Crippen LogP contribution < -0.4 is 0 Å². The lowest BCUT2D eigenvalue weighted by molar-refractivity contribution is 0.0677. The molecule has 1 atom stereocenters. The summed E-state index contributed by atoms with van der Waals surface area (Å²) in [5.41, 5.74) is 1.43. The highest BCUT2D eigenvalue weighted by molar-refractivity contribution is 6.34. The number of halogens is 1. The van der Waals surface area contributed by atoms with Crippen LogP contribution in [0.4, 0.5) is 0 Å². The van der Waals surface area contributed by atoms with Crippen molar-refractivity contribution in [3.8, 4) is 0 Å². The maximum absolute atomic E-state index is 12.3. The molecule has 1 N–H and O–H groups in total. The summed E-state index contributed by atoms with van der Waals surface area (Å²) < 4.78 is 0. The van der Waals surface area contributed by atoms with Crippen molar-refractivity contribution in [3.63, 3.8) is 0 Å². The Morgan fingerprint density at radius 1 is 1.59 bits per heavy atom. The predicted octanol–water partition coefficient (Wildman–Crippen LogP) is 2.25. The van der Waals surface area contributed by atoms with Crippen LogP contribution in [0.15, 0.2) is 18.2 Å². The maximum atomic E-state index is 12.3. The lowest BCUT2D eigenvalue weighted by Crippen LogP contribution is -2.37. The van der Waals surface area contributed by atoms with Gasteiger partial charge in [-0.1, -0.05) is 23.7 Å². The van der Waals surface area contributed by atoms with Gasteiger partial charge in [0.25, 0.3) is 5.91 Å². The first kappa shape index (κ1) is 12.4. The zero-order chi connectivity index (χ0) is 12.4. The first-order chi connectivity index (χ1) is 8.15. The van der Waals surface area contributed by atoms with Crippen molar-refractivity contribution in [2.24, 2.45) is 0 Å². The minimum atomic E-state index is -0.0738. The molecule has 0 aromatic heterocycles. The minimum Gasteiger partial charge on any atom is -0.394 e. The summed E-state index contributed by atoms with van der Waals surface area (Å²) in [6, 6.07) is 5.40. The summed E-state index contributed by atoms with van der Waals surface area (Å²) in [5, 5.41) is 9.74. The SMILES string of the molecule is Cc1cccc(C(=O)N2CCC[C@H]2CO)c1Cl. The van der Waals surface area contributed by atoms with Gasteiger partial charge in [0.05, 0.1) is 23.2 Å². The number of nitrogens with zero attached hydrogens (tertiary/aromatic N) is 1. The molecule has 1 heterocycles. The number of hydrogen-bond donors (Lipinski definition) is 1. The number of aliphatic hydroxyl groups is 1. The number of carbonyl (C=O) groups excluding carboxylic acids is 1. The number of aryl methyl sites for hydroxylation is 1. The third-order valence-corrected chi connectivity index (χ3v) is 3.77. The van der Waals surface area contributed by atoms with E-state index in [0.717, 1.165) is 18.4 Å². The zero-order valence-electron chi connectivity index (χ0n) is 9.82. The van der Waals surface area contributed by atoms with E-state index in [-0.39, 0.29) is 18.6 Å². The fourth-order valence-corrected chi connectivity index (χ4v) is 2.47. The Morgan fingerprint density at radius 2 is 2.35 bits per heavy atom. The van der Waals surface area contributed by atoms with E-state index in [1.54, 1.807) is 11.0 Å². The van der Waals surface area contributed by atoms with Gasteiger partial charge in [0.1, 0.15) is 0 Å². The molecule has 0 unspecified atom stereocenters. The number of hydrogen-bond acceptors (Lipinski definition) is 2. The Balaban J connectivity index is 2.28. The van der Waals surface area contributed by atoms with Gasteiger partial charge in [0, 0.05) is 6.54 Å². The van der Waals surface area contributed by atoms with Crippen LogP contribution in [0.5, 0.6) is 0 Å². The fourth-order valence-electron chi connectivity index (χ4n) is 2.26. The minimum absolute atomic E-state index is 0.0230. The van der Waals surface area contributed by atoms with Crippen LogP contribution in [0.1, 0.15) is 28.8 Å². The molecule has 2 rings (SSSR count). The molecule has 0 bridgehead atoms. The lowest BCUT2D eigenvalue weighted by atomic mass is 10.1. The Bertz CT molecular complexity index is 433. The predicted molar refractivity (Wildman–Crippen MR) is 67.3 cm³/mol. The van der Waals surface area contributed by atoms with Gasteiger partial charge in [-0.2, -0.15) is 0 Å². The van der Waals surface area contributed by atoms with Crippen LogP contribution in [0.25, 0.3) is 0 Å². The lowest BCUT2D eigenvalue weighted by Gasteiger charge is -2.23. The molecule has 0 saturated carbocycles. The molecule has 1 amide bonds. The van der Waals surface area contributed by atoms with Gasteiger partial charge in [-0.05, 0) is 31.4 Å². The molecule has 17 heavy (non-hydrogen) atoms. The molecule has 0 radical (unpaired) electrons. The molecule has 1 aromatic rings. The Hall–Kier alpha value is -1.06. The molecule has 4 heteroatoms. The molecular formula is C13H16ClNO2. The van der Waals surface area contributed by atoms with E-state index in [1.165, 1.54) is 0 Å². The number of benzene rings is 1. The van der Waals surface area contributed by atoms with Crippen molar-refractivity contribution in [1.29, 1.82) is 0 Å². The topological polar surface area (TPSA) is 40.5 Å². The van der Waals surface area contributed by atoms with Crippen molar-refractivity contribution >= 4 is 17.5 Å². The first-order valence-corrected chi connectivity index (χ1v) is 6.20. The van der Waals surface area contributed by atoms with Crippen LogP contribution in [0.2, 0.25) is 5.02 Å². The first-order valence-electron chi connectivity index (χ1n) is 5.82. The monoisotopic (exact) mass is 253 g/mol. The average Bonchev–Trinajstić information content (AvgIpc) is 2.80. The van der Waals surface area contributed by atoms with Gasteiger partial charge in [-0.25, -0.2) is 0 Å². The van der Waals surface area contributed by atoms with E-state index < -0.39 is 0 Å². The number of rotatable bonds is 2. The highest BCUT2D eigenvalue weighted by Crippen LogP contribution is 2.25. The normalized spacial score (nSPS) is 19.7. The van der Waals surface area contributed by atoms with Crippen LogP contribution in [0.3, 0.4) is 0 Å². The molecule has 0 spiro atoms. The van der Waals surface area contributed by atoms with E-state index in [9.17, 15) is 9.90 Å². The second-order valence-electron chi connectivity index (χ2n) is 4.41. The van der Waals surface area contributed by atoms with E-state index in [2.05, 4.69) is 0 Å². The van der Waals surface area contributed by atoms with Gasteiger partial charge in [-0.15, -0.1) is 0 Å². The summed E-state index contributed by atoms with van der Waals surface area (Å²) in [5.74, 6) is -0.0738. The fraction of sp³-hybridized carbons (Fsp3) is 0.462. The molecule has 1 fully saturated rings. The molecule has 1 aliphatic rings.